The van der Waals surface area contributed by atoms with Gasteiger partial charge in [-0.25, -0.2) is 0 Å². The number of aryl methyl sites for hydroxylation is 1. The van der Waals surface area contributed by atoms with E-state index in [2.05, 4.69) is 22.9 Å². The molecule has 1 aromatic carbocycles. The Bertz CT molecular complexity index is 516. The third kappa shape index (κ3) is 5.69. The lowest BCUT2D eigenvalue weighted by Crippen LogP contribution is -2.42. The van der Waals surface area contributed by atoms with Crippen molar-refractivity contribution >= 4 is 29.3 Å². The van der Waals surface area contributed by atoms with Gasteiger partial charge in [-0.05, 0) is 24.1 Å². The Morgan fingerprint density at radius 3 is 2.95 bits per heavy atom. The van der Waals surface area contributed by atoms with Crippen LogP contribution in [0, 0.1) is 0 Å². The second-order valence-corrected chi connectivity index (χ2v) is 6.46. The van der Waals surface area contributed by atoms with Gasteiger partial charge in [-0.2, -0.15) is 11.8 Å². The number of hydrogen-bond acceptors (Lipinski definition) is 4. The van der Waals surface area contributed by atoms with Crippen molar-refractivity contribution in [3.63, 3.8) is 0 Å². The second kappa shape index (κ2) is 8.80. The molecule has 0 aromatic heterocycles. The summed E-state index contributed by atoms with van der Waals surface area (Å²) in [5.74, 6) is 1.76. The summed E-state index contributed by atoms with van der Waals surface area (Å²) in [6, 6.07) is 7.94. The first-order valence-electron chi connectivity index (χ1n) is 7.64. The Balaban J connectivity index is 1.71. The van der Waals surface area contributed by atoms with Crippen molar-refractivity contribution in [3.05, 3.63) is 29.8 Å². The van der Waals surface area contributed by atoms with E-state index in [1.54, 1.807) is 0 Å². The SMILES string of the molecule is CCc1cccc(NC(=O)CNC(=O)CC2CSCCN2)c1. The fourth-order valence-corrected chi connectivity index (χ4v) is 3.25. The topological polar surface area (TPSA) is 70.2 Å². The van der Waals surface area contributed by atoms with Gasteiger partial charge in [0.15, 0.2) is 0 Å². The lowest BCUT2D eigenvalue weighted by Gasteiger charge is -2.22. The number of rotatable bonds is 6. The van der Waals surface area contributed by atoms with Crippen LogP contribution in [-0.4, -0.2) is 42.5 Å². The third-order valence-electron chi connectivity index (χ3n) is 3.50. The molecule has 2 amide bonds. The van der Waals surface area contributed by atoms with E-state index in [0.29, 0.717) is 6.42 Å². The third-order valence-corrected chi connectivity index (χ3v) is 4.63. The van der Waals surface area contributed by atoms with Crippen LogP contribution in [0.4, 0.5) is 5.69 Å². The summed E-state index contributed by atoms with van der Waals surface area (Å²) in [4.78, 5) is 23.7. The molecule has 1 saturated heterocycles. The van der Waals surface area contributed by atoms with Crippen LogP contribution in [0.15, 0.2) is 24.3 Å². The summed E-state index contributed by atoms with van der Waals surface area (Å²) in [6.07, 6.45) is 1.35. The minimum absolute atomic E-state index is 0.00898. The van der Waals surface area contributed by atoms with Crippen LogP contribution in [0.1, 0.15) is 18.9 Å². The quantitative estimate of drug-likeness (QED) is 0.741. The van der Waals surface area contributed by atoms with Gasteiger partial charge in [0.25, 0.3) is 0 Å². The molecule has 0 aliphatic carbocycles. The Morgan fingerprint density at radius 1 is 1.36 bits per heavy atom. The molecule has 0 saturated carbocycles. The number of hydrogen-bond donors (Lipinski definition) is 3. The summed E-state index contributed by atoms with van der Waals surface area (Å²) in [5.41, 5.74) is 1.94. The predicted octanol–water partition coefficient (Wildman–Crippen LogP) is 1.40. The van der Waals surface area contributed by atoms with Crippen LogP contribution in [0.3, 0.4) is 0 Å². The molecular weight excluding hydrogens is 298 g/mol. The minimum Gasteiger partial charge on any atom is -0.347 e. The van der Waals surface area contributed by atoms with Crippen LogP contribution in [0.25, 0.3) is 0 Å². The molecule has 1 atom stereocenters. The molecule has 1 fully saturated rings. The van der Waals surface area contributed by atoms with Crippen molar-refractivity contribution in [3.8, 4) is 0 Å². The molecule has 1 unspecified atom stereocenters. The molecule has 0 radical (unpaired) electrons. The number of thioether (sulfide) groups is 1. The fourth-order valence-electron chi connectivity index (χ4n) is 2.30. The van der Waals surface area contributed by atoms with Gasteiger partial charge < -0.3 is 16.0 Å². The molecule has 1 aliphatic rings. The molecule has 5 nitrogen and oxygen atoms in total. The Morgan fingerprint density at radius 2 is 2.23 bits per heavy atom. The highest BCUT2D eigenvalue weighted by molar-refractivity contribution is 7.99. The molecular formula is C16H23N3O2S. The maximum absolute atomic E-state index is 11.9. The predicted molar refractivity (Wildman–Crippen MR) is 91.2 cm³/mol. The normalized spacial score (nSPS) is 17.8. The monoisotopic (exact) mass is 321 g/mol. The summed E-state index contributed by atoms with van der Waals surface area (Å²) < 4.78 is 0. The number of nitrogens with one attached hydrogen (secondary N) is 3. The molecule has 1 aromatic rings. The van der Waals surface area contributed by atoms with Gasteiger partial charge in [-0.15, -0.1) is 0 Å². The number of amides is 2. The fraction of sp³-hybridized carbons (Fsp3) is 0.500. The smallest absolute Gasteiger partial charge is 0.243 e. The first-order valence-corrected chi connectivity index (χ1v) is 8.79. The number of benzene rings is 1. The van der Waals surface area contributed by atoms with Gasteiger partial charge in [-0.1, -0.05) is 19.1 Å². The Hall–Kier alpha value is -1.53. The largest absolute Gasteiger partial charge is 0.347 e. The highest BCUT2D eigenvalue weighted by Crippen LogP contribution is 2.11. The average molecular weight is 321 g/mol. The summed E-state index contributed by atoms with van der Waals surface area (Å²) in [7, 11) is 0. The van der Waals surface area contributed by atoms with Crippen molar-refractivity contribution < 1.29 is 9.59 Å². The average Bonchev–Trinajstić information content (AvgIpc) is 2.54. The molecule has 3 N–H and O–H groups in total. The zero-order valence-corrected chi connectivity index (χ0v) is 13.7. The molecule has 2 rings (SSSR count). The van der Waals surface area contributed by atoms with Gasteiger partial charge in [0, 0.05) is 36.2 Å². The van der Waals surface area contributed by atoms with Crippen LogP contribution < -0.4 is 16.0 Å². The van der Waals surface area contributed by atoms with E-state index in [0.717, 1.165) is 30.2 Å². The molecule has 0 bridgehead atoms. The lowest BCUT2D eigenvalue weighted by atomic mass is 10.1. The van der Waals surface area contributed by atoms with Crippen molar-refractivity contribution in [1.82, 2.24) is 10.6 Å². The van der Waals surface area contributed by atoms with Crippen LogP contribution in [0.2, 0.25) is 0 Å². The first-order chi connectivity index (χ1) is 10.7. The number of carbonyl (C=O) groups excluding carboxylic acids is 2. The summed E-state index contributed by atoms with van der Waals surface area (Å²) in [6.45, 7) is 3.02. The number of carbonyl (C=O) groups is 2. The van der Waals surface area contributed by atoms with E-state index in [1.165, 1.54) is 5.56 Å². The van der Waals surface area contributed by atoms with E-state index >= 15 is 0 Å². The molecule has 120 valence electrons. The van der Waals surface area contributed by atoms with Gasteiger partial charge >= 0.3 is 0 Å². The van der Waals surface area contributed by atoms with Gasteiger partial charge in [0.05, 0.1) is 6.54 Å². The van der Waals surface area contributed by atoms with Crippen LogP contribution in [-0.2, 0) is 16.0 Å². The maximum atomic E-state index is 11.9. The zero-order valence-electron chi connectivity index (χ0n) is 12.9. The van der Waals surface area contributed by atoms with Gasteiger partial charge in [0.2, 0.25) is 11.8 Å². The number of anilines is 1. The Labute approximate surface area is 135 Å². The first kappa shape index (κ1) is 16.8. The highest BCUT2D eigenvalue weighted by Gasteiger charge is 2.16. The van der Waals surface area contributed by atoms with E-state index in [1.807, 2.05) is 36.0 Å². The van der Waals surface area contributed by atoms with Crippen molar-refractivity contribution in [2.24, 2.45) is 0 Å². The van der Waals surface area contributed by atoms with Crippen LogP contribution in [0.5, 0.6) is 0 Å². The van der Waals surface area contributed by atoms with E-state index in [9.17, 15) is 9.59 Å². The molecule has 6 heteroatoms. The standard InChI is InChI=1S/C16H23N3O2S/c1-2-12-4-3-5-13(8-12)19-16(21)10-18-15(20)9-14-11-22-7-6-17-14/h3-5,8,14,17H,2,6-7,9-11H2,1H3,(H,18,20)(H,19,21). The van der Waals surface area contributed by atoms with E-state index < -0.39 is 0 Å². The molecule has 0 spiro atoms. The van der Waals surface area contributed by atoms with Crippen molar-refractivity contribution in [1.29, 1.82) is 0 Å². The summed E-state index contributed by atoms with van der Waals surface area (Å²) in [5, 5.41) is 8.79. The van der Waals surface area contributed by atoms with Crippen molar-refractivity contribution in [2.45, 2.75) is 25.8 Å². The minimum atomic E-state index is -0.201. The zero-order chi connectivity index (χ0) is 15.8. The van der Waals surface area contributed by atoms with Crippen molar-refractivity contribution in [2.75, 3.05) is 29.9 Å². The Kier molecular flexibility index (Phi) is 6.74. The highest BCUT2D eigenvalue weighted by atomic mass is 32.2. The molecule has 22 heavy (non-hydrogen) atoms. The lowest BCUT2D eigenvalue weighted by molar-refractivity contribution is -0.124. The van der Waals surface area contributed by atoms with Gasteiger partial charge in [0.1, 0.15) is 0 Å². The van der Waals surface area contributed by atoms with E-state index in [4.69, 9.17) is 0 Å². The summed E-state index contributed by atoms with van der Waals surface area (Å²) >= 11 is 1.85. The molecule has 1 heterocycles. The van der Waals surface area contributed by atoms with Gasteiger partial charge in [-0.3, -0.25) is 9.59 Å². The molecule has 1 aliphatic heterocycles. The second-order valence-electron chi connectivity index (χ2n) is 5.31. The van der Waals surface area contributed by atoms with Crippen LogP contribution >= 0.6 is 11.8 Å². The van der Waals surface area contributed by atoms with E-state index in [-0.39, 0.29) is 24.4 Å². The maximum Gasteiger partial charge on any atom is 0.243 e.